The molecule has 0 saturated heterocycles. The summed E-state index contributed by atoms with van der Waals surface area (Å²) < 4.78 is 10.4. The number of carbonyl (C=O) groups is 2. The Hall–Kier alpha value is -1.38. The number of nitrogens with zero attached hydrogens (tertiary/aromatic N) is 1. The van der Waals surface area contributed by atoms with E-state index in [2.05, 4.69) is 15.0 Å². The van der Waals surface area contributed by atoms with Gasteiger partial charge in [-0.2, -0.15) is 0 Å². The number of rotatable bonds is 2. The molecular weight excluding hydrogens is 363 g/mol. The van der Waals surface area contributed by atoms with Gasteiger partial charge < -0.3 is 9.47 Å². The monoisotopic (exact) mass is 378 g/mol. The molecule has 1 aromatic heterocycles. The standard InChI is InChI=1S/C12H15IN2O4/c1-12(2,3)19-11(17)15-9-6-7(13)5-8(14-9)10(16)18-4/h5-6H,1-4H3,(H,14,15,17). The maximum Gasteiger partial charge on any atom is 0.413 e. The highest BCUT2D eigenvalue weighted by Crippen LogP contribution is 2.15. The topological polar surface area (TPSA) is 77.5 Å². The van der Waals surface area contributed by atoms with Gasteiger partial charge in [0.2, 0.25) is 0 Å². The number of hydrogen-bond acceptors (Lipinski definition) is 5. The molecule has 7 heteroatoms. The van der Waals surface area contributed by atoms with Crippen LogP contribution >= 0.6 is 22.6 Å². The lowest BCUT2D eigenvalue weighted by Gasteiger charge is -2.19. The maximum atomic E-state index is 11.6. The third kappa shape index (κ3) is 5.41. The summed E-state index contributed by atoms with van der Waals surface area (Å²) in [5, 5.41) is 2.47. The van der Waals surface area contributed by atoms with Crippen LogP contribution < -0.4 is 5.32 Å². The van der Waals surface area contributed by atoms with Gasteiger partial charge in [0.15, 0.2) is 5.69 Å². The predicted octanol–water partition coefficient (Wildman–Crippen LogP) is 2.82. The zero-order chi connectivity index (χ0) is 14.6. The molecule has 1 heterocycles. The van der Waals surface area contributed by atoms with Gasteiger partial charge >= 0.3 is 12.1 Å². The number of nitrogens with one attached hydrogen (secondary N) is 1. The molecule has 0 bridgehead atoms. The third-order valence-electron chi connectivity index (χ3n) is 1.81. The van der Waals surface area contributed by atoms with Crippen LogP contribution in [0.1, 0.15) is 31.3 Å². The molecule has 1 amide bonds. The second kappa shape index (κ2) is 6.18. The summed E-state index contributed by atoms with van der Waals surface area (Å²) in [7, 11) is 1.27. The highest BCUT2D eigenvalue weighted by molar-refractivity contribution is 14.1. The molecular formula is C12H15IN2O4. The molecule has 1 aromatic rings. The number of hydrogen-bond donors (Lipinski definition) is 1. The van der Waals surface area contributed by atoms with Crippen molar-refractivity contribution in [2.45, 2.75) is 26.4 Å². The van der Waals surface area contributed by atoms with Crippen molar-refractivity contribution in [2.24, 2.45) is 0 Å². The summed E-state index contributed by atoms with van der Waals surface area (Å²) in [6.07, 6.45) is -0.627. The van der Waals surface area contributed by atoms with E-state index in [1.807, 2.05) is 22.6 Å². The van der Waals surface area contributed by atoms with Crippen LogP contribution in [0.4, 0.5) is 10.6 Å². The largest absolute Gasteiger partial charge is 0.464 e. The number of aromatic nitrogens is 1. The smallest absolute Gasteiger partial charge is 0.413 e. The minimum atomic E-state index is -0.627. The zero-order valence-corrected chi connectivity index (χ0v) is 13.3. The molecule has 0 spiro atoms. The van der Waals surface area contributed by atoms with Crippen LogP contribution in [0.3, 0.4) is 0 Å². The van der Waals surface area contributed by atoms with Crippen molar-refractivity contribution in [3.8, 4) is 0 Å². The molecule has 0 atom stereocenters. The molecule has 0 aliphatic rings. The molecule has 1 rings (SSSR count). The van der Waals surface area contributed by atoms with E-state index >= 15 is 0 Å². The summed E-state index contributed by atoms with van der Waals surface area (Å²) in [5.41, 5.74) is -0.475. The lowest BCUT2D eigenvalue weighted by atomic mass is 10.2. The van der Waals surface area contributed by atoms with Gasteiger partial charge in [0, 0.05) is 3.57 Å². The Kier molecular flexibility index (Phi) is 5.10. The predicted molar refractivity (Wildman–Crippen MR) is 78.2 cm³/mol. The van der Waals surface area contributed by atoms with Crippen molar-refractivity contribution in [1.29, 1.82) is 0 Å². The lowest BCUT2D eigenvalue weighted by Crippen LogP contribution is -2.27. The molecule has 0 radical (unpaired) electrons. The van der Waals surface area contributed by atoms with Gasteiger partial charge in [0.1, 0.15) is 11.4 Å². The summed E-state index contributed by atoms with van der Waals surface area (Å²) in [6.45, 7) is 5.28. The highest BCUT2D eigenvalue weighted by atomic mass is 127. The molecule has 0 aromatic carbocycles. The van der Waals surface area contributed by atoms with E-state index in [-0.39, 0.29) is 11.5 Å². The fourth-order valence-corrected chi connectivity index (χ4v) is 1.77. The van der Waals surface area contributed by atoms with Gasteiger partial charge in [-0.1, -0.05) is 0 Å². The number of carbonyl (C=O) groups excluding carboxylic acids is 2. The van der Waals surface area contributed by atoms with E-state index in [0.29, 0.717) is 0 Å². The van der Waals surface area contributed by atoms with Gasteiger partial charge in [0.25, 0.3) is 0 Å². The number of pyridine rings is 1. The first-order valence-electron chi connectivity index (χ1n) is 5.47. The van der Waals surface area contributed by atoms with Crippen molar-refractivity contribution < 1.29 is 19.1 Å². The Morgan fingerprint density at radius 3 is 2.47 bits per heavy atom. The van der Waals surface area contributed by atoms with Crippen LogP contribution in [0.2, 0.25) is 0 Å². The van der Waals surface area contributed by atoms with E-state index in [1.54, 1.807) is 32.9 Å². The van der Waals surface area contributed by atoms with Gasteiger partial charge in [-0.3, -0.25) is 5.32 Å². The zero-order valence-electron chi connectivity index (χ0n) is 11.1. The Balaban J connectivity index is 2.87. The second-order valence-corrected chi connectivity index (χ2v) is 5.92. The Labute approximate surface area is 125 Å². The number of esters is 1. The van der Waals surface area contributed by atoms with Gasteiger partial charge in [-0.25, -0.2) is 14.6 Å². The molecule has 0 unspecified atom stereocenters. The van der Waals surface area contributed by atoms with Crippen molar-refractivity contribution in [3.05, 3.63) is 21.4 Å². The number of halogens is 1. The Bertz CT molecular complexity index is 497. The average molecular weight is 378 g/mol. The van der Waals surface area contributed by atoms with E-state index in [4.69, 9.17) is 4.74 Å². The van der Waals surface area contributed by atoms with Gasteiger partial charge in [0.05, 0.1) is 7.11 Å². The quantitative estimate of drug-likeness (QED) is 0.633. The molecule has 104 valence electrons. The minimum Gasteiger partial charge on any atom is -0.464 e. The number of anilines is 1. The normalized spacial score (nSPS) is 10.8. The summed E-state index contributed by atoms with van der Waals surface area (Å²) in [4.78, 5) is 27.0. The van der Waals surface area contributed by atoms with Crippen LogP contribution in [0, 0.1) is 3.57 Å². The first-order chi connectivity index (χ1) is 8.71. The third-order valence-corrected chi connectivity index (χ3v) is 2.44. The van der Waals surface area contributed by atoms with Crippen molar-refractivity contribution in [3.63, 3.8) is 0 Å². The van der Waals surface area contributed by atoms with Gasteiger partial charge in [-0.15, -0.1) is 0 Å². The summed E-state index contributed by atoms with van der Waals surface area (Å²) in [6, 6.07) is 3.18. The lowest BCUT2D eigenvalue weighted by molar-refractivity contribution is 0.0589. The summed E-state index contributed by atoms with van der Waals surface area (Å²) >= 11 is 2.02. The molecule has 0 aliphatic heterocycles. The van der Waals surface area contributed by atoms with Crippen LogP contribution in [0.15, 0.2) is 12.1 Å². The van der Waals surface area contributed by atoms with Crippen LogP contribution in [0.5, 0.6) is 0 Å². The number of ether oxygens (including phenoxy) is 2. The second-order valence-electron chi connectivity index (χ2n) is 4.67. The van der Waals surface area contributed by atoms with Crippen LogP contribution in [0.25, 0.3) is 0 Å². The SMILES string of the molecule is COC(=O)c1cc(I)cc(NC(=O)OC(C)(C)C)n1. The highest BCUT2D eigenvalue weighted by Gasteiger charge is 2.17. The fraction of sp³-hybridized carbons (Fsp3) is 0.417. The Morgan fingerprint density at radius 2 is 1.95 bits per heavy atom. The molecule has 0 fully saturated rings. The van der Waals surface area contributed by atoms with Crippen molar-refractivity contribution in [1.82, 2.24) is 4.98 Å². The van der Waals surface area contributed by atoms with Crippen molar-refractivity contribution >= 4 is 40.5 Å². The maximum absolute atomic E-state index is 11.6. The Morgan fingerprint density at radius 1 is 1.32 bits per heavy atom. The number of amides is 1. The molecule has 19 heavy (non-hydrogen) atoms. The first kappa shape index (κ1) is 15.7. The first-order valence-corrected chi connectivity index (χ1v) is 6.55. The molecule has 0 saturated carbocycles. The average Bonchev–Trinajstić information content (AvgIpc) is 2.24. The van der Waals surface area contributed by atoms with Crippen LogP contribution in [-0.4, -0.2) is 29.8 Å². The fourth-order valence-electron chi connectivity index (χ4n) is 1.18. The van der Waals surface area contributed by atoms with Crippen molar-refractivity contribution in [2.75, 3.05) is 12.4 Å². The van der Waals surface area contributed by atoms with E-state index in [1.165, 1.54) is 7.11 Å². The van der Waals surface area contributed by atoms with E-state index in [9.17, 15) is 9.59 Å². The summed E-state index contributed by atoms with van der Waals surface area (Å²) in [5.74, 6) is -0.327. The van der Waals surface area contributed by atoms with E-state index in [0.717, 1.165) is 3.57 Å². The molecule has 1 N–H and O–H groups in total. The molecule has 0 aliphatic carbocycles. The van der Waals surface area contributed by atoms with Gasteiger partial charge in [-0.05, 0) is 55.5 Å². The molecule has 6 nitrogen and oxygen atoms in total. The minimum absolute atomic E-state index is 0.125. The number of methoxy groups -OCH3 is 1. The van der Waals surface area contributed by atoms with Crippen LogP contribution in [-0.2, 0) is 9.47 Å². The van der Waals surface area contributed by atoms with E-state index < -0.39 is 17.7 Å².